The molecule has 0 unspecified atom stereocenters. The number of furan rings is 1. The lowest BCUT2D eigenvalue weighted by molar-refractivity contribution is 0.553. The standard InChI is InChI=1S/C7H7BrO/c1-6(5-8)7-3-2-4-9-7/h2-4H,1,5H2. The first-order valence-electron chi connectivity index (χ1n) is 2.62. The van der Waals surface area contributed by atoms with Gasteiger partial charge in [0.25, 0.3) is 0 Å². The van der Waals surface area contributed by atoms with Crippen molar-refractivity contribution in [1.82, 2.24) is 0 Å². The molecule has 0 aromatic carbocycles. The Hall–Kier alpha value is -0.500. The van der Waals surface area contributed by atoms with E-state index >= 15 is 0 Å². The Morgan fingerprint density at radius 2 is 2.56 bits per heavy atom. The molecule has 1 rings (SSSR count). The third-order valence-electron chi connectivity index (χ3n) is 1.03. The van der Waals surface area contributed by atoms with Crippen LogP contribution < -0.4 is 0 Å². The van der Waals surface area contributed by atoms with Gasteiger partial charge in [-0.15, -0.1) is 0 Å². The maximum Gasteiger partial charge on any atom is 0.130 e. The molecule has 1 nitrogen and oxygen atoms in total. The van der Waals surface area contributed by atoms with E-state index in [4.69, 9.17) is 4.42 Å². The van der Waals surface area contributed by atoms with E-state index < -0.39 is 0 Å². The molecule has 0 radical (unpaired) electrons. The van der Waals surface area contributed by atoms with Crippen molar-refractivity contribution in [2.75, 3.05) is 5.33 Å². The van der Waals surface area contributed by atoms with Crippen molar-refractivity contribution in [1.29, 1.82) is 0 Å². The molecule has 48 valence electrons. The molecule has 0 aliphatic rings. The molecule has 1 heterocycles. The van der Waals surface area contributed by atoms with Gasteiger partial charge in [0, 0.05) is 5.33 Å². The Bertz CT molecular complexity index is 189. The zero-order chi connectivity index (χ0) is 6.69. The van der Waals surface area contributed by atoms with Gasteiger partial charge in [0.05, 0.1) is 6.26 Å². The highest BCUT2D eigenvalue weighted by Gasteiger charge is 1.96. The predicted molar refractivity (Wildman–Crippen MR) is 41.5 cm³/mol. The molecular formula is C7H7BrO. The summed E-state index contributed by atoms with van der Waals surface area (Å²) in [7, 11) is 0. The van der Waals surface area contributed by atoms with E-state index in [1.165, 1.54) is 0 Å². The van der Waals surface area contributed by atoms with Crippen LogP contribution in [0.25, 0.3) is 5.57 Å². The maximum atomic E-state index is 5.06. The van der Waals surface area contributed by atoms with Crippen LogP contribution in [0.2, 0.25) is 0 Å². The molecule has 0 spiro atoms. The molecule has 0 fully saturated rings. The van der Waals surface area contributed by atoms with E-state index in [-0.39, 0.29) is 0 Å². The van der Waals surface area contributed by atoms with Crippen molar-refractivity contribution < 1.29 is 4.42 Å². The van der Waals surface area contributed by atoms with Gasteiger partial charge in [-0.05, 0) is 17.7 Å². The van der Waals surface area contributed by atoms with Gasteiger partial charge in [-0.3, -0.25) is 0 Å². The molecule has 2 heteroatoms. The highest BCUT2D eigenvalue weighted by Crippen LogP contribution is 2.13. The van der Waals surface area contributed by atoms with Gasteiger partial charge in [0.1, 0.15) is 5.76 Å². The summed E-state index contributed by atoms with van der Waals surface area (Å²) in [5.74, 6) is 0.854. The summed E-state index contributed by atoms with van der Waals surface area (Å²) in [5, 5.41) is 0.764. The van der Waals surface area contributed by atoms with Gasteiger partial charge in [0.15, 0.2) is 0 Å². The minimum absolute atomic E-state index is 0.764. The average molecular weight is 187 g/mol. The van der Waals surface area contributed by atoms with Crippen molar-refractivity contribution in [3.05, 3.63) is 30.7 Å². The first-order chi connectivity index (χ1) is 4.34. The number of halogens is 1. The summed E-state index contributed by atoms with van der Waals surface area (Å²) >= 11 is 3.28. The summed E-state index contributed by atoms with van der Waals surface area (Å²) in [6.45, 7) is 3.78. The lowest BCUT2D eigenvalue weighted by Crippen LogP contribution is -1.76. The van der Waals surface area contributed by atoms with Crippen LogP contribution in [0.3, 0.4) is 0 Å². The van der Waals surface area contributed by atoms with E-state index in [2.05, 4.69) is 22.5 Å². The van der Waals surface area contributed by atoms with Gasteiger partial charge < -0.3 is 4.42 Å². The minimum atomic E-state index is 0.764. The normalized spacial score (nSPS) is 9.44. The van der Waals surface area contributed by atoms with Crippen LogP contribution >= 0.6 is 15.9 Å². The second-order valence-electron chi connectivity index (χ2n) is 1.71. The van der Waals surface area contributed by atoms with Crippen molar-refractivity contribution in [2.45, 2.75) is 0 Å². The first-order valence-corrected chi connectivity index (χ1v) is 3.74. The molecular weight excluding hydrogens is 180 g/mol. The summed E-state index contributed by atoms with van der Waals surface area (Å²) in [4.78, 5) is 0. The van der Waals surface area contributed by atoms with E-state index in [0.29, 0.717) is 0 Å². The first kappa shape index (κ1) is 6.62. The molecule has 0 N–H and O–H groups in total. The molecule has 1 aromatic heterocycles. The summed E-state index contributed by atoms with van der Waals surface area (Å²) in [6.07, 6.45) is 1.64. The van der Waals surface area contributed by atoms with E-state index in [1.54, 1.807) is 6.26 Å². The highest BCUT2D eigenvalue weighted by atomic mass is 79.9. The quantitative estimate of drug-likeness (QED) is 0.648. The lowest BCUT2D eigenvalue weighted by atomic mass is 10.3. The van der Waals surface area contributed by atoms with Crippen LogP contribution in [0.15, 0.2) is 29.4 Å². The molecule has 0 aliphatic carbocycles. The zero-order valence-electron chi connectivity index (χ0n) is 4.93. The van der Waals surface area contributed by atoms with Crippen LogP contribution in [0, 0.1) is 0 Å². The Morgan fingerprint density at radius 1 is 1.78 bits per heavy atom. The van der Waals surface area contributed by atoms with Crippen molar-refractivity contribution in [3.8, 4) is 0 Å². The number of alkyl halides is 1. The number of allylic oxidation sites excluding steroid dienone is 1. The molecule has 0 amide bonds. The third-order valence-corrected chi connectivity index (χ3v) is 1.71. The number of hydrogen-bond acceptors (Lipinski definition) is 1. The molecule has 0 atom stereocenters. The van der Waals surface area contributed by atoms with Crippen molar-refractivity contribution >= 4 is 21.5 Å². The fourth-order valence-electron chi connectivity index (χ4n) is 0.546. The highest BCUT2D eigenvalue weighted by molar-refractivity contribution is 9.09. The van der Waals surface area contributed by atoms with Crippen LogP contribution in [0.5, 0.6) is 0 Å². The smallest absolute Gasteiger partial charge is 0.130 e. The summed E-state index contributed by atoms with van der Waals surface area (Å²) in [5.41, 5.74) is 0.972. The van der Waals surface area contributed by atoms with Crippen LogP contribution in [-0.2, 0) is 0 Å². The predicted octanol–water partition coefficient (Wildman–Crippen LogP) is 2.69. The maximum absolute atomic E-state index is 5.06. The van der Waals surface area contributed by atoms with Gasteiger partial charge in [0.2, 0.25) is 0 Å². The van der Waals surface area contributed by atoms with E-state index in [0.717, 1.165) is 16.7 Å². The molecule has 0 saturated heterocycles. The molecule has 0 aliphatic heterocycles. The number of hydrogen-bond donors (Lipinski definition) is 0. The Labute approximate surface area is 62.5 Å². The molecule has 0 bridgehead atoms. The molecule has 0 saturated carbocycles. The van der Waals surface area contributed by atoms with E-state index in [9.17, 15) is 0 Å². The van der Waals surface area contributed by atoms with Gasteiger partial charge in [-0.25, -0.2) is 0 Å². The van der Waals surface area contributed by atoms with Gasteiger partial charge >= 0.3 is 0 Å². The fraction of sp³-hybridized carbons (Fsp3) is 0.143. The zero-order valence-corrected chi connectivity index (χ0v) is 6.52. The van der Waals surface area contributed by atoms with E-state index in [1.807, 2.05) is 12.1 Å². The summed E-state index contributed by atoms with van der Waals surface area (Å²) < 4.78 is 5.06. The SMILES string of the molecule is C=C(CBr)c1ccco1. The Morgan fingerprint density at radius 3 is 3.00 bits per heavy atom. The number of rotatable bonds is 2. The second-order valence-corrected chi connectivity index (χ2v) is 2.28. The molecule has 1 aromatic rings. The Kier molecular flexibility index (Phi) is 2.11. The molecule has 9 heavy (non-hydrogen) atoms. The van der Waals surface area contributed by atoms with Crippen LogP contribution in [-0.4, -0.2) is 5.33 Å². The third kappa shape index (κ3) is 1.45. The minimum Gasteiger partial charge on any atom is -0.465 e. The van der Waals surface area contributed by atoms with Crippen molar-refractivity contribution in [3.63, 3.8) is 0 Å². The topological polar surface area (TPSA) is 13.1 Å². The largest absolute Gasteiger partial charge is 0.465 e. The second kappa shape index (κ2) is 2.87. The van der Waals surface area contributed by atoms with Crippen LogP contribution in [0.4, 0.5) is 0 Å². The Balaban J connectivity index is 2.77. The average Bonchev–Trinajstić information content (AvgIpc) is 2.37. The monoisotopic (exact) mass is 186 g/mol. The van der Waals surface area contributed by atoms with Crippen molar-refractivity contribution in [2.24, 2.45) is 0 Å². The van der Waals surface area contributed by atoms with Gasteiger partial charge in [-0.1, -0.05) is 22.5 Å². The summed E-state index contributed by atoms with van der Waals surface area (Å²) in [6, 6.07) is 3.74. The van der Waals surface area contributed by atoms with Gasteiger partial charge in [-0.2, -0.15) is 0 Å². The lowest BCUT2D eigenvalue weighted by Gasteiger charge is -1.91. The van der Waals surface area contributed by atoms with Crippen LogP contribution in [0.1, 0.15) is 5.76 Å². The fourth-order valence-corrected chi connectivity index (χ4v) is 0.822.